The fourth-order valence-corrected chi connectivity index (χ4v) is 6.03. The average Bonchev–Trinajstić information content (AvgIpc) is 3.35. The van der Waals surface area contributed by atoms with Gasteiger partial charge in [0.05, 0.1) is 11.7 Å². The van der Waals surface area contributed by atoms with Crippen LogP contribution in [0.5, 0.6) is 0 Å². The van der Waals surface area contributed by atoms with Crippen molar-refractivity contribution in [3.05, 3.63) is 76.2 Å². The Kier molecular flexibility index (Phi) is 6.85. The number of allylic oxidation sites excluding steroid dienone is 1. The van der Waals surface area contributed by atoms with Crippen molar-refractivity contribution in [1.29, 1.82) is 0 Å². The van der Waals surface area contributed by atoms with Crippen LogP contribution in [-0.4, -0.2) is 35.6 Å². The SMILES string of the molecule is C/C(N)=C1\c2ccc(C3=CCN(C4CCCC4)CC3)cc2C(Nc2ccc(F)c(C)c2)CCN1N. The predicted octanol–water partition coefficient (Wildman–Crippen LogP) is 5.55. The molecule has 186 valence electrons. The minimum atomic E-state index is -0.188. The van der Waals surface area contributed by atoms with Gasteiger partial charge in [0.15, 0.2) is 0 Å². The van der Waals surface area contributed by atoms with Crippen LogP contribution in [0.15, 0.2) is 48.2 Å². The number of aryl methyl sites for hydroxylation is 1. The maximum absolute atomic E-state index is 13.9. The Balaban J connectivity index is 1.48. The first-order chi connectivity index (χ1) is 16.9. The van der Waals surface area contributed by atoms with Crippen LogP contribution < -0.4 is 16.9 Å². The molecule has 1 saturated carbocycles. The molecule has 35 heavy (non-hydrogen) atoms. The zero-order valence-corrected chi connectivity index (χ0v) is 21.0. The van der Waals surface area contributed by atoms with Gasteiger partial charge in [-0.2, -0.15) is 0 Å². The van der Waals surface area contributed by atoms with E-state index in [0.717, 1.165) is 48.9 Å². The highest BCUT2D eigenvalue weighted by atomic mass is 19.1. The van der Waals surface area contributed by atoms with Crippen molar-refractivity contribution in [2.24, 2.45) is 11.6 Å². The molecular formula is C29H38FN5. The largest absolute Gasteiger partial charge is 0.401 e. The Hall–Kier alpha value is -2.83. The third-order valence-electron chi connectivity index (χ3n) is 7.95. The molecule has 2 aromatic rings. The maximum atomic E-state index is 13.9. The normalized spacial score (nSPS) is 23.0. The number of benzene rings is 2. The predicted molar refractivity (Wildman–Crippen MR) is 143 cm³/mol. The monoisotopic (exact) mass is 475 g/mol. The van der Waals surface area contributed by atoms with Crippen LogP contribution in [-0.2, 0) is 0 Å². The van der Waals surface area contributed by atoms with E-state index in [-0.39, 0.29) is 11.9 Å². The lowest BCUT2D eigenvalue weighted by Crippen LogP contribution is -2.36. The number of halogens is 1. The summed E-state index contributed by atoms with van der Waals surface area (Å²) in [5, 5.41) is 5.43. The first kappa shape index (κ1) is 23.9. The summed E-state index contributed by atoms with van der Waals surface area (Å²) in [5.41, 5.74) is 14.4. The smallest absolute Gasteiger partial charge is 0.126 e. The lowest BCUT2D eigenvalue weighted by atomic mass is 9.90. The molecule has 5 N–H and O–H groups in total. The van der Waals surface area contributed by atoms with Crippen LogP contribution in [0.25, 0.3) is 11.3 Å². The molecular weight excluding hydrogens is 437 g/mol. The number of hydrogen-bond donors (Lipinski definition) is 3. The summed E-state index contributed by atoms with van der Waals surface area (Å²) in [6.45, 7) is 6.55. The number of nitrogens with zero attached hydrogens (tertiary/aromatic N) is 2. The van der Waals surface area contributed by atoms with E-state index < -0.39 is 0 Å². The second-order valence-electron chi connectivity index (χ2n) is 10.4. The summed E-state index contributed by atoms with van der Waals surface area (Å²) in [6, 6.07) is 12.7. The highest BCUT2D eigenvalue weighted by molar-refractivity contribution is 5.75. The second kappa shape index (κ2) is 10.0. The van der Waals surface area contributed by atoms with Crippen molar-refractivity contribution in [2.75, 3.05) is 25.0 Å². The van der Waals surface area contributed by atoms with Crippen LogP contribution >= 0.6 is 0 Å². The molecule has 5 nitrogen and oxygen atoms in total. The molecule has 5 rings (SSSR count). The van der Waals surface area contributed by atoms with Crippen molar-refractivity contribution in [3.63, 3.8) is 0 Å². The summed E-state index contributed by atoms with van der Waals surface area (Å²) in [4.78, 5) is 2.66. The van der Waals surface area contributed by atoms with E-state index in [1.165, 1.54) is 48.4 Å². The third kappa shape index (κ3) is 4.95. The summed E-state index contributed by atoms with van der Waals surface area (Å²) >= 11 is 0. The lowest BCUT2D eigenvalue weighted by molar-refractivity contribution is 0.219. The van der Waals surface area contributed by atoms with Crippen LogP contribution in [0.3, 0.4) is 0 Å². The molecule has 2 aliphatic heterocycles. The van der Waals surface area contributed by atoms with Gasteiger partial charge in [-0.3, -0.25) is 4.90 Å². The molecule has 0 radical (unpaired) electrons. The lowest BCUT2D eigenvalue weighted by Gasteiger charge is -2.32. The van der Waals surface area contributed by atoms with Gasteiger partial charge in [0.1, 0.15) is 5.82 Å². The van der Waals surface area contributed by atoms with Gasteiger partial charge in [-0.25, -0.2) is 10.2 Å². The van der Waals surface area contributed by atoms with Gasteiger partial charge in [0, 0.05) is 42.6 Å². The fourth-order valence-electron chi connectivity index (χ4n) is 6.03. The minimum Gasteiger partial charge on any atom is -0.401 e. The van der Waals surface area contributed by atoms with E-state index in [9.17, 15) is 4.39 Å². The zero-order valence-electron chi connectivity index (χ0n) is 21.0. The number of hydrogen-bond acceptors (Lipinski definition) is 5. The fraction of sp³-hybridized carbons (Fsp3) is 0.448. The van der Waals surface area contributed by atoms with Gasteiger partial charge in [0.2, 0.25) is 0 Å². The molecule has 6 heteroatoms. The Labute approximate surface area is 208 Å². The van der Waals surface area contributed by atoms with E-state index in [1.54, 1.807) is 11.9 Å². The maximum Gasteiger partial charge on any atom is 0.126 e. The van der Waals surface area contributed by atoms with Crippen molar-refractivity contribution >= 4 is 17.0 Å². The summed E-state index contributed by atoms with van der Waals surface area (Å²) in [7, 11) is 0. The van der Waals surface area contributed by atoms with Crippen LogP contribution in [0.2, 0.25) is 0 Å². The number of nitrogens with two attached hydrogens (primary N) is 2. The third-order valence-corrected chi connectivity index (χ3v) is 7.95. The molecule has 3 aliphatic rings. The van der Waals surface area contributed by atoms with Crippen molar-refractivity contribution in [1.82, 2.24) is 9.91 Å². The van der Waals surface area contributed by atoms with E-state index >= 15 is 0 Å². The van der Waals surface area contributed by atoms with E-state index in [1.807, 2.05) is 19.1 Å². The Morgan fingerprint density at radius 3 is 2.54 bits per heavy atom. The van der Waals surface area contributed by atoms with Crippen molar-refractivity contribution in [2.45, 2.75) is 64.5 Å². The second-order valence-corrected chi connectivity index (χ2v) is 10.4. The molecule has 0 aromatic heterocycles. The van der Waals surface area contributed by atoms with Gasteiger partial charge in [-0.15, -0.1) is 0 Å². The molecule has 1 aliphatic carbocycles. The molecule has 0 amide bonds. The first-order valence-electron chi connectivity index (χ1n) is 13.0. The van der Waals surface area contributed by atoms with Gasteiger partial charge in [0.25, 0.3) is 0 Å². The van der Waals surface area contributed by atoms with Gasteiger partial charge in [-0.1, -0.05) is 31.1 Å². The Morgan fingerprint density at radius 1 is 1.06 bits per heavy atom. The van der Waals surface area contributed by atoms with Crippen LogP contribution in [0.1, 0.15) is 73.7 Å². The van der Waals surface area contributed by atoms with Crippen LogP contribution in [0.4, 0.5) is 10.1 Å². The summed E-state index contributed by atoms with van der Waals surface area (Å²) in [5.74, 6) is 6.26. The molecule has 0 saturated heterocycles. The summed E-state index contributed by atoms with van der Waals surface area (Å²) in [6.07, 6.45) is 9.76. The zero-order chi connectivity index (χ0) is 24.5. The molecule has 0 spiro atoms. The van der Waals surface area contributed by atoms with E-state index in [0.29, 0.717) is 17.8 Å². The molecule has 2 aromatic carbocycles. The van der Waals surface area contributed by atoms with Crippen molar-refractivity contribution < 1.29 is 4.39 Å². The van der Waals surface area contributed by atoms with Gasteiger partial charge in [-0.05, 0) is 86.1 Å². The highest BCUT2D eigenvalue weighted by Gasteiger charge is 2.28. The number of rotatable bonds is 4. The minimum absolute atomic E-state index is 0.0388. The van der Waals surface area contributed by atoms with Crippen LogP contribution in [0, 0.1) is 12.7 Å². The molecule has 2 heterocycles. The number of hydrazine groups is 1. The van der Waals surface area contributed by atoms with Crippen molar-refractivity contribution in [3.8, 4) is 0 Å². The topological polar surface area (TPSA) is 70.5 Å². The molecule has 1 fully saturated rings. The quantitative estimate of drug-likeness (QED) is 0.506. The average molecular weight is 476 g/mol. The van der Waals surface area contributed by atoms with Gasteiger partial charge < -0.3 is 16.1 Å². The molecule has 1 atom stereocenters. The number of fused-ring (bicyclic) bond motifs is 1. The standard InChI is InChI=1S/C29H38FN5/c1-19-17-23(8-10-27(19)30)33-28-13-16-35(32)29(20(2)31)25-9-7-22(18-26(25)28)21-11-14-34(15-12-21)24-5-3-4-6-24/h7-11,17-18,24,28,33H,3-6,12-16,31-32H2,1-2H3/b29-20-. The molecule has 1 unspecified atom stereocenters. The van der Waals surface area contributed by atoms with Gasteiger partial charge >= 0.3 is 0 Å². The highest BCUT2D eigenvalue weighted by Crippen LogP contribution is 2.38. The summed E-state index contributed by atoms with van der Waals surface area (Å²) < 4.78 is 13.9. The Bertz CT molecular complexity index is 1140. The number of anilines is 1. The van der Waals surface area contributed by atoms with E-state index in [4.69, 9.17) is 11.6 Å². The first-order valence-corrected chi connectivity index (χ1v) is 13.0. The van der Waals surface area contributed by atoms with E-state index in [2.05, 4.69) is 34.5 Å². The Morgan fingerprint density at radius 2 is 1.86 bits per heavy atom. The number of nitrogens with one attached hydrogen (secondary N) is 1. The molecule has 0 bridgehead atoms.